The maximum atomic E-state index is 13.3. The molecule has 1 aliphatic rings. The highest BCUT2D eigenvalue weighted by molar-refractivity contribution is 5.96. The van der Waals surface area contributed by atoms with Gasteiger partial charge in [0, 0.05) is 30.9 Å². The molecule has 0 aromatic heterocycles. The van der Waals surface area contributed by atoms with E-state index in [4.69, 9.17) is 0 Å². The van der Waals surface area contributed by atoms with E-state index in [2.05, 4.69) is 10.6 Å². The fourth-order valence-electron chi connectivity index (χ4n) is 2.51. The number of carbonyl (C=O) groups excluding carboxylic acids is 2. The predicted octanol–water partition coefficient (Wildman–Crippen LogP) is 3.38. The van der Waals surface area contributed by atoms with Crippen LogP contribution in [0.15, 0.2) is 48.5 Å². The van der Waals surface area contributed by atoms with Gasteiger partial charge in [-0.25, -0.2) is 9.18 Å². The van der Waals surface area contributed by atoms with Gasteiger partial charge >= 0.3 is 6.03 Å². The van der Waals surface area contributed by atoms with Gasteiger partial charge in [-0.3, -0.25) is 4.79 Å². The normalized spacial score (nSPS) is 13.2. The lowest BCUT2D eigenvalue weighted by Crippen LogP contribution is -2.30. The molecule has 5 nitrogen and oxygen atoms in total. The molecule has 3 rings (SSSR count). The third-order valence-electron chi connectivity index (χ3n) is 3.94. The molecule has 0 unspecified atom stereocenters. The summed E-state index contributed by atoms with van der Waals surface area (Å²) in [6.45, 7) is 0.302. The first-order valence-electron chi connectivity index (χ1n) is 8.19. The molecule has 0 bridgehead atoms. The van der Waals surface area contributed by atoms with Crippen LogP contribution in [0.5, 0.6) is 0 Å². The summed E-state index contributed by atoms with van der Waals surface area (Å²) < 4.78 is 13.3. The molecule has 2 N–H and O–H groups in total. The van der Waals surface area contributed by atoms with Gasteiger partial charge in [-0.2, -0.15) is 0 Å². The molecule has 6 heteroatoms. The molecule has 130 valence electrons. The number of rotatable bonds is 5. The Morgan fingerprint density at radius 2 is 1.92 bits per heavy atom. The average Bonchev–Trinajstić information content (AvgIpc) is 3.38. The highest BCUT2D eigenvalue weighted by Gasteiger charge is 2.23. The molecule has 0 spiro atoms. The van der Waals surface area contributed by atoms with Crippen LogP contribution in [-0.2, 0) is 6.54 Å². The summed E-state index contributed by atoms with van der Waals surface area (Å²) >= 11 is 0. The molecule has 0 radical (unpaired) electrons. The van der Waals surface area contributed by atoms with E-state index in [0.717, 1.165) is 12.8 Å². The van der Waals surface area contributed by atoms with Crippen molar-refractivity contribution in [3.8, 4) is 0 Å². The number of urea groups is 1. The van der Waals surface area contributed by atoms with E-state index in [9.17, 15) is 14.0 Å². The van der Waals surface area contributed by atoms with Crippen molar-refractivity contribution in [2.75, 3.05) is 12.4 Å². The van der Waals surface area contributed by atoms with E-state index in [0.29, 0.717) is 23.4 Å². The van der Waals surface area contributed by atoms with Gasteiger partial charge in [-0.15, -0.1) is 0 Å². The second kappa shape index (κ2) is 7.34. The lowest BCUT2D eigenvalue weighted by molar-refractivity contribution is 0.0785. The highest BCUT2D eigenvalue weighted by atomic mass is 19.1. The van der Waals surface area contributed by atoms with E-state index in [1.807, 2.05) is 0 Å². The van der Waals surface area contributed by atoms with Gasteiger partial charge in [0.05, 0.1) is 0 Å². The highest BCUT2D eigenvalue weighted by Crippen LogP contribution is 2.19. The third-order valence-corrected chi connectivity index (χ3v) is 3.94. The number of anilines is 1. The lowest BCUT2D eigenvalue weighted by Gasteiger charge is -2.18. The van der Waals surface area contributed by atoms with Crippen molar-refractivity contribution in [3.63, 3.8) is 0 Å². The number of nitrogens with zero attached hydrogens (tertiary/aromatic N) is 1. The fraction of sp³-hybridized carbons (Fsp3) is 0.263. The Balaban J connectivity index is 1.64. The van der Waals surface area contributed by atoms with Crippen molar-refractivity contribution in [2.45, 2.75) is 25.4 Å². The van der Waals surface area contributed by atoms with Gasteiger partial charge < -0.3 is 15.5 Å². The minimum absolute atomic E-state index is 0.199. The van der Waals surface area contributed by atoms with Gasteiger partial charge in [-0.1, -0.05) is 18.2 Å². The molecule has 25 heavy (non-hydrogen) atoms. The number of hydrogen-bond donors (Lipinski definition) is 2. The zero-order valence-corrected chi connectivity index (χ0v) is 14.0. The maximum absolute atomic E-state index is 13.3. The minimum atomic E-state index is -0.328. The quantitative estimate of drug-likeness (QED) is 0.876. The summed E-state index contributed by atoms with van der Waals surface area (Å²) in [5, 5.41) is 5.57. The van der Waals surface area contributed by atoms with Gasteiger partial charge in [0.1, 0.15) is 5.82 Å². The van der Waals surface area contributed by atoms with Gasteiger partial charge in [0.25, 0.3) is 5.91 Å². The number of halogens is 1. The van der Waals surface area contributed by atoms with Crippen LogP contribution in [0.4, 0.5) is 14.9 Å². The van der Waals surface area contributed by atoms with E-state index >= 15 is 0 Å². The van der Waals surface area contributed by atoms with Crippen molar-refractivity contribution in [1.82, 2.24) is 10.2 Å². The van der Waals surface area contributed by atoms with Gasteiger partial charge in [0.2, 0.25) is 0 Å². The summed E-state index contributed by atoms with van der Waals surface area (Å²) in [7, 11) is 1.66. The summed E-state index contributed by atoms with van der Waals surface area (Å²) in [6, 6.07) is 12.9. The predicted molar refractivity (Wildman–Crippen MR) is 93.8 cm³/mol. The Morgan fingerprint density at radius 1 is 1.16 bits per heavy atom. The molecule has 3 amide bonds. The largest absolute Gasteiger partial charge is 0.337 e. The van der Waals surface area contributed by atoms with Crippen LogP contribution in [0.2, 0.25) is 0 Å². The number of benzene rings is 2. The second-order valence-electron chi connectivity index (χ2n) is 6.24. The van der Waals surface area contributed by atoms with E-state index < -0.39 is 0 Å². The number of carbonyl (C=O) groups is 2. The zero-order chi connectivity index (χ0) is 17.8. The van der Waals surface area contributed by atoms with Crippen LogP contribution in [0.1, 0.15) is 28.8 Å². The van der Waals surface area contributed by atoms with Crippen LogP contribution >= 0.6 is 0 Å². The summed E-state index contributed by atoms with van der Waals surface area (Å²) in [6.07, 6.45) is 2.02. The van der Waals surface area contributed by atoms with E-state index in [1.165, 1.54) is 17.0 Å². The van der Waals surface area contributed by atoms with Crippen molar-refractivity contribution in [3.05, 3.63) is 65.5 Å². The van der Waals surface area contributed by atoms with Crippen LogP contribution in [-0.4, -0.2) is 29.9 Å². The summed E-state index contributed by atoms with van der Waals surface area (Å²) in [5.41, 5.74) is 1.74. The smallest absolute Gasteiger partial charge is 0.319 e. The Kier molecular flexibility index (Phi) is 4.97. The average molecular weight is 341 g/mol. The fourth-order valence-corrected chi connectivity index (χ4v) is 2.51. The molecule has 2 aromatic rings. The minimum Gasteiger partial charge on any atom is -0.337 e. The molecular formula is C19H20FN3O2. The van der Waals surface area contributed by atoms with Crippen molar-refractivity contribution in [2.24, 2.45) is 0 Å². The standard InChI is InChI=1S/C19H20FN3O2/c1-23(12-13-4-2-6-15(20)10-13)18(24)14-5-3-7-17(11-14)22-19(25)21-16-8-9-16/h2-7,10-11,16H,8-9,12H2,1H3,(H2,21,22,25). The maximum Gasteiger partial charge on any atom is 0.319 e. The lowest BCUT2D eigenvalue weighted by atomic mass is 10.1. The van der Waals surface area contributed by atoms with E-state index in [1.54, 1.807) is 43.4 Å². The van der Waals surface area contributed by atoms with Crippen LogP contribution in [0.25, 0.3) is 0 Å². The van der Waals surface area contributed by atoms with Crippen LogP contribution < -0.4 is 10.6 Å². The first-order chi connectivity index (χ1) is 12.0. The van der Waals surface area contributed by atoms with Crippen molar-refractivity contribution in [1.29, 1.82) is 0 Å². The first kappa shape index (κ1) is 17.0. The van der Waals surface area contributed by atoms with Gasteiger partial charge in [-0.05, 0) is 48.7 Å². The molecule has 1 fully saturated rings. The van der Waals surface area contributed by atoms with Crippen LogP contribution in [0.3, 0.4) is 0 Å². The molecule has 0 atom stereocenters. The Hall–Kier alpha value is -2.89. The van der Waals surface area contributed by atoms with Crippen molar-refractivity contribution < 1.29 is 14.0 Å². The van der Waals surface area contributed by atoms with Gasteiger partial charge in [0.15, 0.2) is 0 Å². The molecule has 1 saturated carbocycles. The topological polar surface area (TPSA) is 61.4 Å². The SMILES string of the molecule is CN(Cc1cccc(F)c1)C(=O)c1cccc(NC(=O)NC2CC2)c1. The van der Waals surface area contributed by atoms with Crippen LogP contribution in [0, 0.1) is 5.82 Å². The molecule has 1 aliphatic carbocycles. The summed E-state index contributed by atoms with van der Waals surface area (Å²) in [4.78, 5) is 25.9. The molecular weight excluding hydrogens is 321 g/mol. The number of amides is 3. The Morgan fingerprint density at radius 3 is 2.64 bits per heavy atom. The number of hydrogen-bond acceptors (Lipinski definition) is 2. The first-order valence-corrected chi connectivity index (χ1v) is 8.19. The molecule has 2 aromatic carbocycles. The Bertz CT molecular complexity index is 790. The zero-order valence-electron chi connectivity index (χ0n) is 14.0. The Labute approximate surface area is 145 Å². The molecule has 0 aliphatic heterocycles. The molecule has 0 saturated heterocycles. The second-order valence-corrected chi connectivity index (χ2v) is 6.24. The van der Waals surface area contributed by atoms with E-state index in [-0.39, 0.29) is 23.8 Å². The summed E-state index contributed by atoms with van der Waals surface area (Å²) in [5.74, 6) is -0.526. The third kappa shape index (κ3) is 4.79. The monoisotopic (exact) mass is 341 g/mol. The van der Waals surface area contributed by atoms with Crippen molar-refractivity contribution >= 4 is 17.6 Å². The molecule has 0 heterocycles. The number of nitrogens with one attached hydrogen (secondary N) is 2.